The molecule has 0 saturated carbocycles. The van der Waals surface area contributed by atoms with Gasteiger partial charge in [-0.15, -0.1) is 0 Å². The largest absolute Gasteiger partial charge is 2.00 e. The third-order valence-corrected chi connectivity index (χ3v) is 0.333. The Kier molecular flexibility index (Phi) is 32.2. The van der Waals surface area contributed by atoms with Gasteiger partial charge in [-0.1, -0.05) is 13.2 Å². The van der Waals surface area contributed by atoms with Crippen molar-refractivity contribution in [3.63, 3.8) is 0 Å². The van der Waals surface area contributed by atoms with Crippen molar-refractivity contribution in [1.82, 2.24) is 0 Å². The molecule has 12 heavy (non-hydrogen) atoms. The van der Waals surface area contributed by atoms with Gasteiger partial charge in [0.25, 0.3) is 0 Å². The van der Waals surface area contributed by atoms with E-state index >= 15 is 0 Å². The van der Waals surface area contributed by atoms with Crippen LogP contribution in [0, 0.1) is 0 Å². The molecule has 6 heteroatoms. The first-order chi connectivity index (χ1) is 4.54. The van der Waals surface area contributed by atoms with Gasteiger partial charge >= 0.3 is 45.5 Å². The third-order valence-electron chi connectivity index (χ3n) is 0.333. The molecule has 0 fully saturated rings. The van der Waals surface area contributed by atoms with E-state index in [1.807, 2.05) is 0 Å². The summed E-state index contributed by atoms with van der Waals surface area (Å²) in [6.07, 6.45) is 1.44. The molecule has 0 amide bonds. The molecule has 5 nitrogen and oxygen atoms in total. The Hall–Kier alpha value is -0.139. The number of rotatable bonds is 2. The maximum atomic E-state index is 9.14. The molecule has 0 spiro atoms. The molecule has 0 unspecified atom stereocenters. The van der Waals surface area contributed by atoms with Gasteiger partial charge in [-0.25, -0.2) is 0 Å². The van der Waals surface area contributed by atoms with E-state index in [9.17, 15) is 0 Å². The molecule has 0 aromatic rings. The predicted octanol–water partition coefficient (Wildman–Crippen LogP) is -3.36. The second-order valence-electron chi connectivity index (χ2n) is 1.05. The van der Waals surface area contributed by atoms with Crippen LogP contribution in [0.5, 0.6) is 0 Å². The molecule has 0 aliphatic carbocycles. The molecule has 2 N–H and O–H groups in total. The van der Waals surface area contributed by atoms with Crippen LogP contribution in [0.1, 0.15) is 0 Å². The molecule has 0 rings (SSSR count). The first kappa shape index (κ1) is 22.6. The molecule has 0 saturated heterocycles. The number of carboxylic acid groups (broad SMARTS) is 2. The Bertz CT molecular complexity index is 136. The number of carboxylic acids is 2. The van der Waals surface area contributed by atoms with E-state index in [-0.39, 0.29) is 51.0 Å². The molecule has 0 aliphatic heterocycles. The SMILES string of the molecule is C=CC(=O)[O-].C=CC(=O)[O-].O.[Sr+2]. The van der Waals surface area contributed by atoms with E-state index < -0.39 is 11.9 Å². The van der Waals surface area contributed by atoms with Crippen LogP contribution in [0.3, 0.4) is 0 Å². The Morgan fingerprint density at radius 2 is 1.08 bits per heavy atom. The second-order valence-corrected chi connectivity index (χ2v) is 1.05. The Morgan fingerprint density at radius 3 is 1.08 bits per heavy atom. The van der Waals surface area contributed by atoms with Crippen LogP contribution < -0.4 is 10.2 Å². The van der Waals surface area contributed by atoms with Gasteiger partial charge in [0.1, 0.15) is 0 Å². The summed E-state index contributed by atoms with van der Waals surface area (Å²) in [6.45, 7) is 5.80. The maximum Gasteiger partial charge on any atom is 2.00 e. The fourth-order valence-corrected chi connectivity index (χ4v) is 0. The minimum Gasteiger partial charge on any atom is -0.545 e. The quantitative estimate of drug-likeness (QED) is 0.375. The topological polar surface area (TPSA) is 112 Å². The number of carbonyl (C=O) groups excluding carboxylic acids is 2. The summed E-state index contributed by atoms with van der Waals surface area (Å²) in [5.74, 6) is -2.46. The summed E-state index contributed by atoms with van der Waals surface area (Å²) in [5, 5.41) is 18.3. The van der Waals surface area contributed by atoms with Crippen LogP contribution in [-0.4, -0.2) is 62.9 Å². The van der Waals surface area contributed by atoms with Crippen LogP contribution in [0.25, 0.3) is 0 Å². The maximum absolute atomic E-state index is 9.14. The Labute approximate surface area is 107 Å². The fraction of sp³-hybridized carbons (Fsp3) is 0. The van der Waals surface area contributed by atoms with Crippen molar-refractivity contribution in [2.24, 2.45) is 0 Å². The van der Waals surface area contributed by atoms with Crippen molar-refractivity contribution in [1.29, 1.82) is 0 Å². The molecule has 0 aromatic heterocycles. The smallest absolute Gasteiger partial charge is 0.545 e. The summed E-state index contributed by atoms with van der Waals surface area (Å²) in [5.41, 5.74) is 0. The van der Waals surface area contributed by atoms with E-state index in [1.165, 1.54) is 0 Å². The van der Waals surface area contributed by atoms with Gasteiger partial charge in [0.2, 0.25) is 0 Å². The predicted molar refractivity (Wildman–Crippen MR) is 39.8 cm³/mol. The van der Waals surface area contributed by atoms with Gasteiger partial charge < -0.3 is 25.3 Å². The van der Waals surface area contributed by atoms with Gasteiger partial charge in [-0.3, -0.25) is 0 Å². The van der Waals surface area contributed by atoms with Gasteiger partial charge in [0.05, 0.1) is 11.9 Å². The van der Waals surface area contributed by atoms with E-state index in [0.29, 0.717) is 0 Å². The zero-order chi connectivity index (χ0) is 8.57. The van der Waals surface area contributed by atoms with Gasteiger partial charge in [0, 0.05) is 0 Å². The molecule has 64 valence electrons. The first-order valence-corrected chi connectivity index (χ1v) is 2.21. The number of aliphatic carboxylic acids is 2. The zero-order valence-corrected chi connectivity index (χ0v) is 9.89. The Morgan fingerprint density at radius 1 is 1.00 bits per heavy atom. The summed E-state index contributed by atoms with van der Waals surface area (Å²) in [7, 11) is 0. The molecule has 0 bridgehead atoms. The average molecular weight is 248 g/mol. The van der Waals surface area contributed by atoms with Crippen LogP contribution in [-0.2, 0) is 9.59 Å². The summed E-state index contributed by atoms with van der Waals surface area (Å²) < 4.78 is 0. The van der Waals surface area contributed by atoms with Crippen LogP contribution >= 0.6 is 0 Å². The number of hydrogen-bond donors (Lipinski definition) is 0. The summed E-state index contributed by atoms with van der Waals surface area (Å²) >= 11 is 0. The number of carbonyl (C=O) groups is 2. The second kappa shape index (κ2) is 17.1. The third kappa shape index (κ3) is 51.9. The van der Waals surface area contributed by atoms with Crippen LogP contribution in [0.15, 0.2) is 25.3 Å². The standard InChI is InChI=1S/2C3H4O2.H2O.Sr/c2*1-2-3(4)5;;/h2*2H,1H2,(H,4,5);1H2;/q;;;+2/p-2. The van der Waals surface area contributed by atoms with Crippen molar-refractivity contribution in [3.8, 4) is 0 Å². The molecule has 0 radical (unpaired) electrons. The van der Waals surface area contributed by atoms with Crippen molar-refractivity contribution in [3.05, 3.63) is 25.3 Å². The molecule has 0 heterocycles. The van der Waals surface area contributed by atoms with E-state index in [1.54, 1.807) is 0 Å². The zero-order valence-electron chi connectivity index (χ0n) is 6.41. The molecule has 0 aromatic carbocycles. The van der Waals surface area contributed by atoms with E-state index in [2.05, 4.69) is 13.2 Å². The Balaban J connectivity index is -0.0000000457. The molecule has 0 atom stereocenters. The minimum absolute atomic E-state index is 0. The van der Waals surface area contributed by atoms with E-state index in [0.717, 1.165) is 12.2 Å². The van der Waals surface area contributed by atoms with Gasteiger partial charge in [-0.05, 0) is 12.2 Å². The van der Waals surface area contributed by atoms with Crippen molar-refractivity contribution in [2.45, 2.75) is 0 Å². The molecule has 0 aliphatic rings. The fourth-order valence-electron chi connectivity index (χ4n) is 0. The van der Waals surface area contributed by atoms with Gasteiger partial charge in [-0.2, -0.15) is 0 Å². The molecular weight excluding hydrogens is 240 g/mol. The first-order valence-electron chi connectivity index (χ1n) is 2.21. The molecular formula is C6H8O5Sr. The van der Waals surface area contributed by atoms with E-state index in [4.69, 9.17) is 19.8 Å². The monoisotopic (exact) mass is 248 g/mol. The summed E-state index contributed by atoms with van der Waals surface area (Å²) in [4.78, 5) is 18.3. The van der Waals surface area contributed by atoms with Crippen molar-refractivity contribution < 1.29 is 25.3 Å². The van der Waals surface area contributed by atoms with Gasteiger partial charge in [0.15, 0.2) is 0 Å². The minimum atomic E-state index is -1.23. The van der Waals surface area contributed by atoms with Crippen LogP contribution in [0.2, 0.25) is 0 Å². The normalized spacial score (nSPS) is 5.33. The van der Waals surface area contributed by atoms with Crippen molar-refractivity contribution in [2.75, 3.05) is 0 Å². The average Bonchev–Trinajstić information content (AvgIpc) is 1.89. The number of hydrogen-bond acceptors (Lipinski definition) is 4. The van der Waals surface area contributed by atoms with Crippen LogP contribution in [0.4, 0.5) is 0 Å². The summed E-state index contributed by atoms with van der Waals surface area (Å²) in [6, 6.07) is 0. The van der Waals surface area contributed by atoms with Crippen molar-refractivity contribution >= 4 is 57.4 Å².